The molecule has 0 bridgehead atoms. The molecule has 1 unspecified atom stereocenters. The minimum atomic E-state index is -4.21. The van der Waals surface area contributed by atoms with Gasteiger partial charge in [0.15, 0.2) is 5.60 Å². The predicted octanol–water partition coefficient (Wildman–Crippen LogP) is 3.11. The Morgan fingerprint density at radius 2 is 1.92 bits per heavy atom. The van der Waals surface area contributed by atoms with Gasteiger partial charge < -0.3 is 15.8 Å². The van der Waals surface area contributed by atoms with Crippen molar-refractivity contribution in [3.05, 3.63) is 86.9 Å². The third kappa shape index (κ3) is 5.88. The predicted molar refractivity (Wildman–Crippen MR) is 137 cm³/mol. The number of nitrogens with two attached hydrogens (primary N) is 2. The number of thiophene rings is 1. The summed E-state index contributed by atoms with van der Waals surface area (Å²) < 4.78 is 59.6. The molecule has 2 aromatic heterocycles. The highest BCUT2D eigenvalue weighted by molar-refractivity contribution is 7.14. The second kappa shape index (κ2) is 11.4. The van der Waals surface area contributed by atoms with E-state index >= 15 is 8.78 Å². The molecule has 1 fully saturated rings. The van der Waals surface area contributed by atoms with Crippen LogP contribution in [0.1, 0.15) is 44.2 Å². The number of pyridine rings is 1. The van der Waals surface area contributed by atoms with Crippen LogP contribution in [0.3, 0.4) is 0 Å². The number of nitrogens with zero attached hydrogens (tertiary/aromatic N) is 4. The van der Waals surface area contributed by atoms with Gasteiger partial charge in [0.2, 0.25) is 0 Å². The maximum atomic E-state index is 15.8. The molecule has 5 N–H and O–H groups in total. The number of carbonyl (C=O) groups is 1. The lowest BCUT2D eigenvalue weighted by Crippen LogP contribution is -2.53. The number of aromatic nitrogens is 1. The first kappa shape index (κ1) is 28.0. The van der Waals surface area contributed by atoms with Crippen molar-refractivity contribution in [3.63, 3.8) is 0 Å². The zero-order valence-corrected chi connectivity index (χ0v) is 21.3. The topological polar surface area (TPSA) is 121 Å². The molecule has 13 heteroatoms. The summed E-state index contributed by atoms with van der Waals surface area (Å²) in [5.74, 6) is 9.59. The van der Waals surface area contributed by atoms with E-state index < -0.39 is 41.0 Å². The lowest BCUT2D eigenvalue weighted by atomic mass is 9.84. The van der Waals surface area contributed by atoms with Crippen molar-refractivity contribution < 1.29 is 27.5 Å². The first-order chi connectivity index (χ1) is 18.5. The Balaban J connectivity index is 1.59. The largest absolute Gasteiger partial charge is 0.377 e. The third-order valence-electron chi connectivity index (χ3n) is 6.15. The van der Waals surface area contributed by atoms with Crippen LogP contribution < -0.4 is 11.7 Å². The van der Waals surface area contributed by atoms with Gasteiger partial charge in [-0.1, -0.05) is 11.8 Å². The van der Waals surface area contributed by atoms with Crippen LogP contribution in [0.5, 0.6) is 0 Å². The van der Waals surface area contributed by atoms with Gasteiger partial charge in [-0.25, -0.2) is 14.6 Å². The minimum absolute atomic E-state index is 0.0438. The summed E-state index contributed by atoms with van der Waals surface area (Å²) >= 11 is 1.23. The molecule has 1 aliphatic heterocycles. The molecule has 0 aliphatic carbocycles. The SMILES string of the molecule is N/N=C\N(N)CC(O)(c1ccc(F)cc1F)C(F)(F)c1ccc(C#Cc2ccc(C(=O)N3CCCC3)s2)cn1. The summed E-state index contributed by atoms with van der Waals surface area (Å²) in [6, 6.07) is 7.41. The first-order valence-corrected chi connectivity index (χ1v) is 12.5. The van der Waals surface area contributed by atoms with Crippen LogP contribution in [0.4, 0.5) is 17.6 Å². The number of hydrogen-bond acceptors (Lipinski definition) is 7. The van der Waals surface area contributed by atoms with Gasteiger partial charge in [0.1, 0.15) is 23.7 Å². The second-order valence-corrected chi connectivity index (χ2v) is 9.92. The molecule has 204 valence electrons. The number of amides is 1. The summed E-state index contributed by atoms with van der Waals surface area (Å²) in [6.45, 7) is 0.393. The highest BCUT2D eigenvalue weighted by Gasteiger charge is 2.58. The van der Waals surface area contributed by atoms with Crippen LogP contribution in [0, 0.1) is 23.5 Å². The highest BCUT2D eigenvalue weighted by atomic mass is 32.1. The normalized spacial score (nSPS) is 15.2. The monoisotopic (exact) mass is 560 g/mol. The molecule has 0 saturated carbocycles. The van der Waals surface area contributed by atoms with Crippen LogP contribution in [0.2, 0.25) is 0 Å². The van der Waals surface area contributed by atoms with E-state index in [0.29, 0.717) is 26.9 Å². The molecule has 1 amide bonds. The Morgan fingerprint density at radius 1 is 1.18 bits per heavy atom. The van der Waals surface area contributed by atoms with Crippen molar-refractivity contribution in [2.24, 2.45) is 16.8 Å². The molecule has 3 aromatic rings. The van der Waals surface area contributed by atoms with Gasteiger partial charge in [-0.2, -0.15) is 13.9 Å². The number of rotatable bonds is 7. The second-order valence-electron chi connectivity index (χ2n) is 8.84. The molecule has 1 aromatic carbocycles. The number of carbonyl (C=O) groups excluding carboxylic acids is 1. The summed E-state index contributed by atoms with van der Waals surface area (Å²) in [5.41, 5.74) is -4.83. The van der Waals surface area contributed by atoms with E-state index in [9.17, 15) is 18.7 Å². The number of halogens is 4. The van der Waals surface area contributed by atoms with Gasteiger partial charge >= 0.3 is 5.92 Å². The lowest BCUT2D eigenvalue weighted by molar-refractivity contribution is -0.203. The molecule has 3 heterocycles. The Labute approximate surface area is 225 Å². The van der Waals surface area contributed by atoms with Gasteiger partial charge in [-0.05, 0) is 49.2 Å². The van der Waals surface area contributed by atoms with Crippen molar-refractivity contribution in [1.82, 2.24) is 14.9 Å². The van der Waals surface area contributed by atoms with Crippen LogP contribution >= 0.6 is 11.3 Å². The number of likely N-dealkylation sites (tertiary alicyclic amines) is 1. The average molecular weight is 561 g/mol. The number of hydrazone groups is 1. The summed E-state index contributed by atoms with van der Waals surface area (Å²) in [4.78, 5) is 19.2. The Bertz CT molecular complexity index is 1430. The molecule has 39 heavy (non-hydrogen) atoms. The molecular formula is C26H24F4N6O2S. The molecular weight excluding hydrogens is 536 g/mol. The summed E-state index contributed by atoms with van der Waals surface area (Å²) in [5, 5.41) is 14.8. The number of hydrazine groups is 1. The van der Waals surface area contributed by atoms with Crippen LogP contribution in [-0.4, -0.2) is 51.9 Å². The van der Waals surface area contributed by atoms with Crippen molar-refractivity contribution in [3.8, 4) is 11.8 Å². The van der Waals surface area contributed by atoms with Gasteiger partial charge in [-0.3, -0.25) is 14.8 Å². The van der Waals surface area contributed by atoms with Crippen LogP contribution in [0.25, 0.3) is 0 Å². The Morgan fingerprint density at radius 3 is 2.56 bits per heavy atom. The van der Waals surface area contributed by atoms with Gasteiger partial charge in [-0.15, -0.1) is 11.3 Å². The van der Waals surface area contributed by atoms with Crippen LogP contribution in [0.15, 0.2) is 53.8 Å². The average Bonchev–Trinajstić information content (AvgIpc) is 3.60. The summed E-state index contributed by atoms with van der Waals surface area (Å²) in [6.07, 6.45) is 3.79. The van der Waals surface area contributed by atoms with E-state index in [-0.39, 0.29) is 11.5 Å². The molecule has 0 spiro atoms. The molecule has 8 nitrogen and oxygen atoms in total. The highest BCUT2D eigenvalue weighted by Crippen LogP contribution is 2.46. The van der Waals surface area contributed by atoms with E-state index in [1.165, 1.54) is 17.4 Å². The van der Waals surface area contributed by atoms with Crippen LogP contribution in [-0.2, 0) is 11.5 Å². The summed E-state index contributed by atoms with van der Waals surface area (Å²) in [7, 11) is 0. The van der Waals surface area contributed by atoms with E-state index in [1.807, 2.05) is 0 Å². The molecule has 1 atom stereocenters. The lowest BCUT2D eigenvalue weighted by Gasteiger charge is -2.37. The fraction of sp³-hybridized carbons (Fsp3) is 0.269. The van der Waals surface area contributed by atoms with Crippen molar-refractivity contribution >= 4 is 23.6 Å². The number of alkyl halides is 2. The number of aliphatic hydroxyl groups is 1. The Kier molecular flexibility index (Phi) is 8.19. The maximum absolute atomic E-state index is 15.8. The van der Waals surface area contributed by atoms with Gasteiger partial charge in [0.05, 0.1) is 16.3 Å². The maximum Gasteiger partial charge on any atom is 0.323 e. The smallest absolute Gasteiger partial charge is 0.323 e. The minimum Gasteiger partial charge on any atom is -0.377 e. The van der Waals surface area contributed by atoms with E-state index in [0.717, 1.165) is 50.6 Å². The van der Waals surface area contributed by atoms with E-state index in [2.05, 4.69) is 21.9 Å². The first-order valence-electron chi connectivity index (χ1n) is 11.7. The van der Waals surface area contributed by atoms with Crippen molar-refractivity contribution in [2.45, 2.75) is 24.4 Å². The third-order valence-corrected chi connectivity index (χ3v) is 7.14. The zero-order valence-electron chi connectivity index (χ0n) is 20.5. The fourth-order valence-electron chi connectivity index (χ4n) is 4.16. The quantitative estimate of drug-likeness (QED) is 0.102. The number of hydrogen-bond donors (Lipinski definition) is 3. The van der Waals surface area contributed by atoms with E-state index in [1.54, 1.807) is 17.0 Å². The standard InChI is InChI=1S/C26H24F4N6O2S/c27-18-5-8-20(21(28)13-18)25(38,15-36(32)16-34-31)26(29,30)23-10-4-17(14-33-23)3-6-19-7-9-22(39-19)24(37)35-11-1-2-12-35/h4-5,7-10,13-14,16,38H,1-2,11-12,15,31-32H2/b34-16-. The fourth-order valence-corrected chi connectivity index (χ4v) is 4.99. The molecule has 1 aliphatic rings. The van der Waals surface area contributed by atoms with Gasteiger partial charge in [0, 0.05) is 36.5 Å². The molecule has 0 radical (unpaired) electrons. The molecule has 1 saturated heterocycles. The molecule has 4 rings (SSSR count). The van der Waals surface area contributed by atoms with E-state index in [4.69, 9.17) is 11.7 Å². The Hall–Kier alpha value is -3.99. The zero-order chi connectivity index (χ0) is 28.2. The van der Waals surface area contributed by atoms with Crippen molar-refractivity contribution in [2.75, 3.05) is 19.6 Å². The van der Waals surface area contributed by atoms with Crippen molar-refractivity contribution in [1.29, 1.82) is 0 Å². The van der Waals surface area contributed by atoms with Gasteiger partial charge in [0.25, 0.3) is 5.91 Å². The number of benzene rings is 1.